The Kier molecular flexibility index (Phi) is 4.62. The quantitative estimate of drug-likeness (QED) is 0.915. The van der Waals surface area contributed by atoms with Crippen LogP contribution in [0.15, 0.2) is 35.7 Å². The van der Waals surface area contributed by atoms with E-state index < -0.39 is 0 Å². The molecule has 1 aromatic carbocycles. The maximum absolute atomic E-state index is 11.9. The average Bonchev–Trinajstić information content (AvgIpc) is 3.08. The summed E-state index contributed by atoms with van der Waals surface area (Å²) in [6.45, 7) is 0.515. The van der Waals surface area contributed by atoms with Crippen molar-refractivity contribution in [1.29, 1.82) is 0 Å². The normalized spacial score (nSPS) is 13.4. The lowest BCUT2D eigenvalue weighted by molar-refractivity contribution is -0.121. The number of fused-ring (bicyclic) bond motifs is 1. The van der Waals surface area contributed by atoms with Crippen LogP contribution in [0.25, 0.3) is 0 Å². The molecular formula is C17H18N2O3S. The summed E-state index contributed by atoms with van der Waals surface area (Å²) >= 11 is 1.66. The molecule has 1 N–H and O–H groups in total. The molecule has 0 saturated carbocycles. The van der Waals surface area contributed by atoms with E-state index in [2.05, 4.69) is 5.32 Å². The summed E-state index contributed by atoms with van der Waals surface area (Å²) in [4.78, 5) is 26.4. The van der Waals surface area contributed by atoms with Crippen molar-refractivity contribution in [2.75, 3.05) is 18.6 Å². The van der Waals surface area contributed by atoms with Gasteiger partial charge in [0, 0.05) is 24.9 Å². The molecule has 0 atom stereocenters. The van der Waals surface area contributed by atoms with Crippen molar-refractivity contribution in [3.8, 4) is 5.75 Å². The Hall–Kier alpha value is -2.34. The van der Waals surface area contributed by atoms with Crippen LogP contribution in [-0.4, -0.2) is 25.5 Å². The molecule has 0 bridgehead atoms. The van der Waals surface area contributed by atoms with Gasteiger partial charge in [0.1, 0.15) is 5.75 Å². The first-order chi connectivity index (χ1) is 11.1. The predicted molar refractivity (Wildman–Crippen MR) is 89.8 cm³/mol. The van der Waals surface area contributed by atoms with E-state index in [4.69, 9.17) is 4.74 Å². The summed E-state index contributed by atoms with van der Waals surface area (Å²) in [6, 6.07) is 9.65. The fourth-order valence-electron chi connectivity index (χ4n) is 2.41. The first-order valence-corrected chi connectivity index (χ1v) is 8.33. The van der Waals surface area contributed by atoms with Crippen molar-refractivity contribution in [3.05, 3.63) is 46.2 Å². The van der Waals surface area contributed by atoms with Crippen LogP contribution in [0.2, 0.25) is 0 Å². The van der Waals surface area contributed by atoms with Gasteiger partial charge < -0.3 is 15.0 Å². The number of nitrogens with zero attached hydrogens (tertiary/aromatic N) is 1. The van der Waals surface area contributed by atoms with E-state index >= 15 is 0 Å². The Morgan fingerprint density at radius 2 is 2.26 bits per heavy atom. The lowest BCUT2D eigenvalue weighted by atomic mass is 10.1. The number of ether oxygens (including phenoxy) is 1. The molecule has 1 aliphatic rings. The monoisotopic (exact) mass is 330 g/mol. The minimum atomic E-state index is -0.0744. The van der Waals surface area contributed by atoms with Crippen molar-refractivity contribution in [2.45, 2.75) is 19.4 Å². The molecule has 1 aromatic heterocycles. The minimum Gasteiger partial charge on any atom is -0.482 e. The first-order valence-electron chi connectivity index (χ1n) is 7.45. The zero-order chi connectivity index (χ0) is 16.2. The Labute approximate surface area is 138 Å². The van der Waals surface area contributed by atoms with E-state index in [9.17, 15) is 9.59 Å². The zero-order valence-electron chi connectivity index (χ0n) is 12.9. The number of carbonyl (C=O) groups is 2. The van der Waals surface area contributed by atoms with Crippen LogP contribution in [0.3, 0.4) is 0 Å². The number of carbonyl (C=O) groups excluding carboxylic acids is 2. The molecule has 0 spiro atoms. The summed E-state index contributed by atoms with van der Waals surface area (Å²) in [6.07, 6.45) is 1.24. The Balaban J connectivity index is 1.56. The number of nitrogens with one attached hydrogen (secondary N) is 1. The van der Waals surface area contributed by atoms with Gasteiger partial charge in [0.15, 0.2) is 6.61 Å². The van der Waals surface area contributed by atoms with E-state index in [-0.39, 0.29) is 18.4 Å². The molecule has 5 nitrogen and oxygen atoms in total. The zero-order valence-corrected chi connectivity index (χ0v) is 13.7. The van der Waals surface area contributed by atoms with Crippen LogP contribution >= 0.6 is 11.3 Å². The van der Waals surface area contributed by atoms with Gasteiger partial charge in [-0.15, -0.1) is 11.3 Å². The van der Waals surface area contributed by atoms with Crippen molar-refractivity contribution < 1.29 is 14.3 Å². The number of aryl methyl sites for hydroxylation is 1. The highest BCUT2D eigenvalue weighted by Crippen LogP contribution is 2.31. The van der Waals surface area contributed by atoms with Crippen molar-refractivity contribution >= 4 is 28.8 Å². The predicted octanol–water partition coefficient (Wildman–Crippen LogP) is 2.35. The summed E-state index contributed by atoms with van der Waals surface area (Å²) in [7, 11) is 1.73. The fourth-order valence-corrected chi connectivity index (χ4v) is 3.12. The standard InChI is InChI=1S/C17H18N2O3S/c1-19-14-9-12(4-6-15(14)22-11-17(19)21)10-18-16(20)7-5-13-3-2-8-23-13/h2-4,6,8-9H,5,7,10-11H2,1H3,(H,18,20). The highest BCUT2D eigenvalue weighted by Gasteiger charge is 2.22. The number of thiophene rings is 1. The van der Waals surface area contributed by atoms with Crippen LogP contribution in [-0.2, 0) is 22.6 Å². The molecule has 1 aliphatic heterocycles. The number of likely N-dealkylation sites (N-methyl/N-ethyl adjacent to an activating group) is 1. The maximum atomic E-state index is 11.9. The second-order valence-electron chi connectivity index (χ2n) is 5.40. The molecule has 0 unspecified atom stereocenters. The molecule has 0 saturated heterocycles. The highest BCUT2D eigenvalue weighted by atomic mass is 32.1. The van der Waals surface area contributed by atoms with Crippen LogP contribution in [0.4, 0.5) is 5.69 Å². The molecule has 2 amide bonds. The molecule has 6 heteroatoms. The summed E-state index contributed by atoms with van der Waals surface area (Å²) < 4.78 is 5.39. The van der Waals surface area contributed by atoms with Gasteiger partial charge in [0.2, 0.25) is 5.91 Å². The van der Waals surface area contributed by atoms with Crippen LogP contribution in [0.5, 0.6) is 5.75 Å². The van der Waals surface area contributed by atoms with Crippen molar-refractivity contribution in [3.63, 3.8) is 0 Å². The van der Waals surface area contributed by atoms with Crippen LogP contribution < -0.4 is 15.0 Å². The number of benzene rings is 1. The Bertz CT molecular complexity index is 713. The molecule has 3 rings (SSSR count). The van der Waals surface area contributed by atoms with Gasteiger partial charge in [-0.2, -0.15) is 0 Å². The molecule has 2 heterocycles. The van der Waals surface area contributed by atoms with Gasteiger partial charge in [-0.1, -0.05) is 12.1 Å². The second kappa shape index (κ2) is 6.83. The van der Waals surface area contributed by atoms with Crippen molar-refractivity contribution in [2.24, 2.45) is 0 Å². The summed E-state index contributed by atoms with van der Waals surface area (Å²) in [5.41, 5.74) is 1.69. The molecule has 120 valence electrons. The SMILES string of the molecule is CN1C(=O)COc2ccc(CNC(=O)CCc3cccs3)cc21. The number of anilines is 1. The number of rotatable bonds is 5. The number of hydrogen-bond acceptors (Lipinski definition) is 4. The Morgan fingerprint density at radius 3 is 3.04 bits per heavy atom. The third-order valence-electron chi connectivity index (χ3n) is 3.78. The van der Waals surface area contributed by atoms with Gasteiger partial charge in [0.25, 0.3) is 5.91 Å². The van der Waals surface area contributed by atoms with E-state index in [1.807, 2.05) is 35.7 Å². The van der Waals surface area contributed by atoms with Gasteiger partial charge in [-0.3, -0.25) is 9.59 Å². The molecule has 2 aromatic rings. The van der Waals surface area contributed by atoms with Crippen LogP contribution in [0, 0.1) is 0 Å². The van der Waals surface area contributed by atoms with E-state index in [1.165, 1.54) is 4.88 Å². The van der Waals surface area contributed by atoms with Gasteiger partial charge in [0.05, 0.1) is 5.69 Å². The fraction of sp³-hybridized carbons (Fsp3) is 0.294. The average molecular weight is 330 g/mol. The number of hydrogen-bond donors (Lipinski definition) is 1. The first kappa shape index (κ1) is 15.6. The van der Waals surface area contributed by atoms with E-state index in [0.29, 0.717) is 18.7 Å². The second-order valence-corrected chi connectivity index (χ2v) is 6.43. The lowest BCUT2D eigenvalue weighted by Gasteiger charge is -2.26. The molecule has 0 radical (unpaired) electrons. The highest BCUT2D eigenvalue weighted by molar-refractivity contribution is 7.09. The van der Waals surface area contributed by atoms with Gasteiger partial charge >= 0.3 is 0 Å². The molecule has 0 aliphatic carbocycles. The van der Waals surface area contributed by atoms with E-state index in [0.717, 1.165) is 17.7 Å². The number of amides is 2. The molecule has 23 heavy (non-hydrogen) atoms. The largest absolute Gasteiger partial charge is 0.482 e. The third-order valence-corrected chi connectivity index (χ3v) is 4.71. The maximum Gasteiger partial charge on any atom is 0.264 e. The molecule has 0 fully saturated rings. The molecular weight excluding hydrogens is 312 g/mol. The Morgan fingerprint density at radius 1 is 1.39 bits per heavy atom. The van der Waals surface area contributed by atoms with Crippen LogP contribution in [0.1, 0.15) is 16.9 Å². The minimum absolute atomic E-state index is 0.0248. The third kappa shape index (κ3) is 3.71. The topological polar surface area (TPSA) is 58.6 Å². The summed E-state index contributed by atoms with van der Waals surface area (Å²) in [5.74, 6) is 0.645. The van der Waals surface area contributed by atoms with Crippen molar-refractivity contribution in [1.82, 2.24) is 5.32 Å². The summed E-state index contributed by atoms with van der Waals surface area (Å²) in [5, 5.41) is 4.93. The lowest BCUT2D eigenvalue weighted by Crippen LogP contribution is -2.35. The van der Waals surface area contributed by atoms with Gasteiger partial charge in [-0.25, -0.2) is 0 Å². The van der Waals surface area contributed by atoms with Gasteiger partial charge in [-0.05, 0) is 35.6 Å². The smallest absolute Gasteiger partial charge is 0.264 e. The van der Waals surface area contributed by atoms with E-state index in [1.54, 1.807) is 23.3 Å².